The smallest absolute Gasteiger partial charge is 0.227 e. The zero-order valence-electron chi connectivity index (χ0n) is 14.1. The highest BCUT2D eigenvalue weighted by atomic mass is 16.5. The molecule has 1 N–H and O–H groups in total. The van der Waals surface area contributed by atoms with Crippen LogP contribution in [0.25, 0.3) is 0 Å². The predicted octanol–water partition coefficient (Wildman–Crippen LogP) is 2.21. The predicted molar refractivity (Wildman–Crippen MR) is 87.9 cm³/mol. The molecule has 1 saturated heterocycles. The molecule has 1 aromatic rings. The van der Waals surface area contributed by atoms with Crippen molar-refractivity contribution in [3.8, 4) is 11.5 Å². The summed E-state index contributed by atoms with van der Waals surface area (Å²) in [7, 11) is 3.17. The summed E-state index contributed by atoms with van der Waals surface area (Å²) >= 11 is 0. The van der Waals surface area contributed by atoms with Crippen molar-refractivity contribution < 1.29 is 19.1 Å². The minimum Gasteiger partial charge on any atom is -0.496 e. The highest BCUT2D eigenvalue weighted by molar-refractivity contribution is 5.94. The van der Waals surface area contributed by atoms with Crippen LogP contribution in [-0.4, -0.2) is 44.0 Å². The standard InChI is InChI=1S/C17H24N2O4/c1-11-15(22-3)6-5-14(16(11)23-4)18-17(21)13-7-9-19(10-8-13)12(2)20/h5-6,13H,7-10H2,1-4H3,(H,18,21). The second kappa shape index (κ2) is 7.35. The van der Waals surface area contributed by atoms with Gasteiger partial charge in [0.25, 0.3) is 0 Å². The zero-order chi connectivity index (χ0) is 17.0. The third-order valence-corrected chi connectivity index (χ3v) is 4.35. The fourth-order valence-electron chi connectivity index (χ4n) is 2.95. The molecule has 6 heteroatoms. The minimum atomic E-state index is -0.0855. The van der Waals surface area contributed by atoms with Gasteiger partial charge in [-0.2, -0.15) is 0 Å². The number of nitrogens with zero attached hydrogens (tertiary/aromatic N) is 1. The molecule has 0 radical (unpaired) electrons. The molecule has 2 rings (SSSR count). The Bertz CT molecular complexity index is 593. The molecule has 0 atom stereocenters. The summed E-state index contributed by atoms with van der Waals surface area (Å²) in [5, 5.41) is 2.94. The number of ether oxygens (including phenoxy) is 2. The molecule has 0 saturated carbocycles. The Morgan fingerprint density at radius 3 is 2.35 bits per heavy atom. The zero-order valence-corrected chi connectivity index (χ0v) is 14.1. The van der Waals surface area contributed by atoms with Gasteiger partial charge in [-0.1, -0.05) is 0 Å². The number of anilines is 1. The number of nitrogens with one attached hydrogen (secondary N) is 1. The molecule has 2 amide bonds. The quantitative estimate of drug-likeness (QED) is 0.923. The second-order valence-electron chi connectivity index (χ2n) is 5.74. The van der Waals surface area contributed by atoms with E-state index in [-0.39, 0.29) is 17.7 Å². The van der Waals surface area contributed by atoms with Gasteiger partial charge in [-0.25, -0.2) is 0 Å². The lowest BCUT2D eigenvalue weighted by molar-refractivity contribution is -0.132. The van der Waals surface area contributed by atoms with Crippen molar-refractivity contribution in [2.75, 3.05) is 32.6 Å². The molecular formula is C17H24N2O4. The summed E-state index contributed by atoms with van der Waals surface area (Å²) in [6.07, 6.45) is 1.37. The van der Waals surface area contributed by atoms with E-state index in [1.807, 2.05) is 13.0 Å². The molecule has 6 nitrogen and oxygen atoms in total. The Hall–Kier alpha value is -2.24. The van der Waals surface area contributed by atoms with Gasteiger partial charge in [0.05, 0.1) is 19.9 Å². The summed E-state index contributed by atoms with van der Waals surface area (Å²) in [5.74, 6) is 1.28. The van der Waals surface area contributed by atoms with Crippen molar-refractivity contribution in [1.29, 1.82) is 0 Å². The number of amides is 2. The monoisotopic (exact) mass is 320 g/mol. The van der Waals surface area contributed by atoms with Crippen molar-refractivity contribution >= 4 is 17.5 Å². The lowest BCUT2D eigenvalue weighted by Crippen LogP contribution is -2.40. The van der Waals surface area contributed by atoms with Crippen molar-refractivity contribution in [1.82, 2.24) is 4.90 Å². The second-order valence-corrected chi connectivity index (χ2v) is 5.74. The first-order valence-corrected chi connectivity index (χ1v) is 7.75. The third-order valence-electron chi connectivity index (χ3n) is 4.35. The fraction of sp³-hybridized carbons (Fsp3) is 0.529. The molecule has 126 valence electrons. The number of carbonyl (C=O) groups excluding carboxylic acids is 2. The first kappa shape index (κ1) is 17.1. The maximum Gasteiger partial charge on any atom is 0.227 e. The molecule has 0 bridgehead atoms. The number of hydrogen-bond donors (Lipinski definition) is 1. The van der Waals surface area contributed by atoms with Gasteiger partial charge >= 0.3 is 0 Å². The molecule has 1 fully saturated rings. The molecule has 0 aromatic heterocycles. The maximum absolute atomic E-state index is 12.5. The van der Waals surface area contributed by atoms with Gasteiger partial charge in [-0.15, -0.1) is 0 Å². The van der Waals surface area contributed by atoms with Gasteiger partial charge in [0.2, 0.25) is 11.8 Å². The SMILES string of the molecule is COc1ccc(NC(=O)C2CCN(C(C)=O)CC2)c(OC)c1C. The number of piperidine rings is 1. The Morgan fingerprint density at radius 2 is 1.83 bits per heavy atom. The number of likely N-dealkylation sites (tertiary alicyclic amines) is 1. The molecular weight excluding hydrogens is 296 g/mol. The highest BCUT2D eigenvalue weighted by Crippen LogP contribution is 2.35. The van der Waals surface area contributed by atoms with Crippen molar-refractivity contribution in [2.24, 2.45) is 5.92 Å². The number of rotatable bonds is 4. The number of benzene rings is 1. The minimum absolute atomic E-state index is 0.0314. The van der Waals surface area contributed by atoms with Crippen LogP contribution in [0.1, 0.15) is 25.3 Å². The van der Waals surface area contributed by atoms with Gasteiger partial charge in [0.15, 0.2) is 0 Å². The average molecular weight is 320 g/mol. The largest absolute Gasteiger partial charge is 0.496 e. The number of carbonyl (C=O) groups is 2. The topological polar surface area (TPSA) is 67.9 Å². The van der Waals surface area contributed by atoms with Crippen LogP contribution in [0.5, 0.6) is 11.5 Å². The highest BCUT2D eigenvalue weighted by Gasteiger charge is 2.26. The molecule has 1 aliphatic rings. The molecule has 0 aliphatic carbocycles. The van der Waals surface area contributed by atoms with Crippen LogP contribution in [0.3, 0.4) is 0 Å². The summed E-state index contributed by atoms with van der Waals surface area (Å²) in [6.45, 7) is 4.71. The lowest BCUT2D eigenvalue weighted by Gasteiger charge is -2.30. The van der Waals surface area contributed by atoms with E-state index < -0.39 is 0 Å². The van der Waals surface area contributed by atoms with Crippen LogP contribution in [0.4, 0.5) is 5.69 Å². The summed E-state index contributed by atoms with van der Waals surface area (Å²) in [4.78, 5) is 25.6. The summed E-state index contributed by atoms with van der Waals surface area (Å²) < 4.78 is 10.7. The molecule has 0 unspecified atom stereocenters. The van der Waals surface area contributed by atoms with E-state index in [4.69, 9.17) is 9.47 Å². The van der Waals surface area contributed by atoms with Crippen LogP contribution < -0.4 is 14.8 Å². The number of methoxy groups -OCH3 is 2. The Kier molecular flexibility index (Phi) is 5.47. The van der Waals surface area contributed by atoms with Gasteiger partial charge in [0.1, 0.15) is 11.5 Å². The number of hydrogen-bond acceptors (Lipinski definition) is 4. The Morgan fingerprint density at radius 1 is 1.17 bits per heavy atom. The molecule has 23 heavy (non-hydrogen) atoms. The van der Waals surface area contributed by atoms with Crippen molar-refractivity contribution in [2.45, 2.75) is 26.7 Å². The van der Waals surface area contributed by atoms with Crippen LogP contribution >= 0.6 is 0 Å². The summed E-state index contributed by atoms with van der Waals surface area (Å²) in [6, 6.07) is 3.60. The van der Waals surface area contributed by atoms with Crippen molar-refractivity contribution in [3.63, 3.8) is 0 Å². The van der Waals surface area contributed by atoms with E-state index in [9.17, 15) is 9.59 Å². The van der Waals surface area contributed by atoms with Gasteiger partial charge < -0.3 is 19.7 Å². The van der Waals surface area contributed by atoms with E-state index in [2.05, 4.69) is 5.32 Å². The van der Waals surface area contributed by atoms with Gasteiger partial charge in [-0.05, 0) is 31.9 Å². The first-order chi connectivity index (χ1) is 11.0. The Labute approximate surface area is 136 Å². The van der Waals surface area contributed by atoms with E-state index in [0.717, 1.165) is 11.3 Å². The van der Waals surface area contributed by atoms with E-state index >= 15 is 0 Å². The van der Waals surface area contributed by atoms with Crippen LogP contribution in [0, 0.1) is 12.8 Å². The van der Waals surface area contributed by atoms with E-state index in [1.54, 1.807) is 32.1 Å². The van der Waals surface area contributed by atoms with Crippen LogP contribution in [0.15, 0.2) is 12.1 Å². The molecule has 1 heterocycles. The molecule has 1 aliphatic heterocycles. The van der Waals surface area contributed by atoms with Gasteiger partial charge in [0, 0.05) is 31.5 Å². The lowest BCUT2D eigenvalue weighted by atomic mass is 9.95. The van der Waals surface area contributed by atoms with Gasteiger partial charge in [-0.3, -0.25) is 9.59 Å². The third kappa shape index (κ3) is 3.75. The summed E-state index contributed by atoms with van der Waals surface area (Å²) in [5.41, 5.74) is 1.49. The molecule has 0 spiro atoms. The van der Waals surface area contributed by atoms with E-state index in [0.29, 0.717) is 37.4 Å². The maximum atomic E-state index is 12.5. The van der Waals surface area contributed by atoms with Crippen LogP contribution in [-0.2, 0) is 9.59 Å². The average Bonchev–Trinajstić information content (AvgIpc) is 2.55. The fourth-order valence-corrected chi connectivity index (χ4v) is 2.95. The normalized spacial score (nSPS) is 15.2. The van der Waals surface area contributed by atoms with Crippen LogP contribution in [0.2, 0.25) is 0 Å². The Balaban J connectivity index is 2.06. The molecule has 1 aromatic carbocycles. The van der Waals surface area contributed by atoms with Crippen molar-refractivity contribution in [3.05, 3.63) is 17.7 Å². The van der Waals surface area contributed by atoms with E-state index in [1.165, 1.54) is 0 Å². The first-order valence-electron chi connectivity index (χ1n) is 7.75.